The lowest BCUT2D eigenvalue weighted by molar-refractivity contribution is -0.137. The van der Waals surface area contributed by atoms with Crippen LogP contribution in [0, 0.1) is 0 Å². The standard InChI is InChI=1S/C12H10BrF3N2O/c1-11(13)9(17-18(2)10(11)19)7-5-3-4-6-8(7)12(14,15)16/h3-6H,1-2H3. The molecule has 0 saturated heterocycles. The predicted molar refractivity (Wildman–Crippen MR) is 68.1 cm³/mol. The largest absolute Gasteiger partial charge is 0.417 e. The molecule has 1 heterocycles. The van der Waals surface area contributed by atoms with Gasteiger partial charge in [-0.15, -0.1) is 0 Å². The average molecular weight is 335 g/mol. The Morgan fingerprint density at radius 3 is 2.37 bits per heavy atom. The van der Waals surface area contributed by atoms with Crippen LogP contribution >= 0.6 is 15.9 Å². The molecule has 3 nitrogen and oxygen atoms in total. The quantitative estimate of drug-likeness (QED) is 0.726. The third-order valence-electron chi connectivity index (χ3n) is 2.88. The van der Waals surface area contributed by atoms with Crippen LogP contribution in [0.15, 0.2) is 29.4 Å². The summed E-state index contributed by atoms with van der Waals surface area (Å²) in [5.41, 5.74) is -0.831. The molecule has 1 aromatic rings. The van der Waals surface area contributed by atoms with Gasteiger partial charge < -0.3 is 0 Å². The summed E-state index contributed by atoms with van der Waals surface area (Å²) in [6.45, 7) is 1.49. The minimum atomic E-state index is -4.49. The molecule has 0 spiro atoms. The van der Waals surface area contributed by atoms with Crippen LogP contribution in [0.25, 0.3) is 0 Å². The van der Waals surface area contributed by atoms with Crippen molar-refractivity contribution in [1.29, 1.82) is 0 Å². The smallest absolute Gasteiger partial charge is 0.271 e. The molecule has 1 aliphatic rings. The van der Waals surface area contributed by atoms with Crippen LogP contribution in [0.4, 0.5) is 13.2 Å². The van der Waals surface area contributed by atoms with Crippen molar-refractivity contribution in [1.82, 2.24) is 5.01 Å². The summed E-state index contributed by atoms with van der Waals surface area (Å²) in [5.74, 6) is -0.403. The van der Waals surface area contributed by atoms with Gasteiger partial charge in [-0.3, -0.25) is 4.79 Å². The van der Waals surface area contributed by atoms with E-state index >= 15 is 0 Å². The molecule has 19 heavy (non-hydrogen) atoms. The lowest BCUT2D eigenvalue weighted by Crippen LogP contribution is -2.37. The van der Waals surface area contributed by atoms with Crippen LogP contribution in [0.1, 0.15) is 18.1 Å². The Morgan fingerprint density at radius 1 is 1.32 bits per heavy atom. The molecule has 0 aromatic heterocycles. The van der Waals surface area contributed by atoms with Crippen LogP contribution in [0.3, 0.4) is 0 Å². The van der Waals surface area contributed by atoms with Gasteiger partial charge in [0, 0.05) is 12.6 Å². The second-order valence-corrected chi connectivity index (χ2v) is 5.91. The molecule has 1 atom stereocenters. The van der Waals surface area contributed by atoms with Gasteiger partial charge in [-0.1, -0.05) is 34.1 Å². The first-order valence-electron chi connectivity index (χ1n) is 5.38. The Hall–Kier alpha value is -1.37. The highest BCUT2D eigenvalue weighted by atomic mass is 79.9. The van der Waals surface area contributed by atoms with Crippen molar-refractivity contribution in [3.05, 3.63) is 35.4 Å². The fourth-order valence-electron chi connectivity index (χ4n) is 1.94. The maximum Gasteiger partial charge on any atom is 0.417 e. The Kier molecular flexibility index (Phi) is 3.20. The maximum absolute atomic E-state index is 13.0. The van der Waals surface area contributed by atoms with E-state index in [4.69, 9.17) is 0 Å². The van der Waals surface area contributed by atoms with E-state index in [1.165, 1.54) is 32.2 Å². The maximum atomic E-state index is 13.0. The van der Waals surface area contributed by atoms with E-state index in [1.54, 1.807) is 0 Å². The van der Waals surface area contributed by atoms with Crippen molar-refractivity contribution in [2.24, 2.45) is 5.10 Å². The van der Waals surface area contributed by atoms with Gasteiger partial charge in [-0.05, 0) is 13.0 Å². The summed E-state index contributed by atoms with van der Waals surface area (Å²) in [6, 6.07) is 5.08. The average Bonchev–Trinajstić information content (AvgIpc) is 2.52. The monoisotopic (exact) mass is 334 g/mol. The van der Waals surface area contributed by atoms with Crippen molar-refractivity contribution >= 4 is 27.5 Å². The van der Waals surface area contributed by atoms with Crippen LogP contribution < -0.4 is 0 Å². The molecule has 1 unspecified atom stereocenters. The van der Waals surface area contributed by atoms with E-state index in [0.717, 1.165) is 11.1 Å². The number of hydrogen-bond acceptors (Lipinski definition) is 2. The van der Waals surface area contributed by atoms with E-state index in [-0.39, 0.29) is 11.3 Å². The van der Waals surface area contributed by atoms with Gasteiger partial charge in [0.2, 0.25) is 0 Å². The Labute approximate surface area is 116 Å². The highest BCUT2D eigenvalue weighted by Gasteiger charge is 2.47. The first-order valence-corrected chi connectivity index (χ1v) is 6.17. The van der Waals surface area contributed by atoms with Crippen LogP contribution in [0.5, 0.6) is 0 Å². The Bertz CT molecular complexity index is 566. The lowest BCUT2D eigenvalue weighted by Gasteiger charge is -2.19. The highest BCUT2D eigenvalue weighted by Crippen LogP contribution is 2.38. The molecular formula is C12H10BrF3N2O. The fraction of sp³-hybridized carbons (Fsp3) is 0.333. The van der Waals surface area contributed by atoms with Crippen LogP contribution in [0.2, 0.25) is 0 Å². The second kappa shape index (κ2) is 4.33. The highest BCUT2D eigenvalue weighted by molar-refractivity contribution is 9.10. The van der Waals surface area contributed by atoms with E-state index in [1.807, 2.05) is 0 Å². The number of carbonyl (C=O) groups is 1. The van der Waals surface area contributed by atoms with Gasteiger partial charge in [0.05, 0.1) is 11.3 Å². The van der Waals surface area contributed by atoms with Crippen LogP contribution in [-0.2, 0) is 11.0 Å². The van der Waals surface area contributed by atoms with Crippen molar-refractivity contribution in [3.63, 3.8) is 0 Å². The molecule has 2 rings (SSSR count). The number of hydrazone groups is 1. The van der Waals surface area contributed by atoms with Crippen molar-refractivity contribution in [2.45, 2.75) is 17.4 Å². The van der Waals surface area contributed by atoms with Gasteiger partial charge in [-0.2, -0.15) is 18.3 Å². The Balaban J connectivity index is 2.62. The van der Waals surface area contributed by atoms with E-state index in [0.29, 0.717) is 0 Å². The van der Waals surface area contributed by atoms with E-state index in [2.05, 4.69) is 21.0 Å². The van der Waals surface area contributed by atoms with Gasteiger partial charge in [0.25, 0.3) is 5.91 Å². The molecule has 102 valence electrons. The summed E-state index contributed by atoms with van der Waals surface area (Å²) < 4.78 is 37.7. The summed E-state index contributed by atoms with van der Waals surface area (Å²) in [6.07, 6.45) is -4.49. The van der Waals surface area contributed by atoms with Gasteiger partial charge in [0.15, 0.2) is 0 Å². The van der Waals surface area contributed by atoms with Crippen LogP contribution in [-0.4, -0.2) is 28.0 Å². The zero-order chi connectivity index (χ0) is 14.4. The number of halogens is 4. The third-order valence-corrected chi connectivity index (χ3v) is 3.59. The zero-order valence-electron chi connectivity index (χ0n) is 10.1. The number of hydrogen-bond donors (Lipinski definition) is 0. The van der Waals surface area contributed by atoms with Gasteiger partial charge >= 0.3 is 6.18 Å². The minimum Gasteiger partial charge on any atom is -0.271 e. The van der Waals surface area contributed by atoms with E-state index in [9.17, 15) is 18.0 Å². The topological polar surface area (TPSA) is 32.7 Å². The molecule has 0 bridgehead atoms. The zero-order valence-corrected chi connectivity index (χ0v) is 11.7. The number of rotatable bonds is 1. The summed E-state index contributed by atoms with van der Waals surface area (Å²) in [4.78, 5) is 11.9. The minimum absolute atomic E-state index is 0.0629. The normalized spacial score (nSPS) is 23.8. The molecule has 0 radical (unpaired) electrons. The number of nitrogens with zero attached hydrogens (tertiary/aromatic N) is 2. The fourth-order valence-corrected chi connectivity index (χ4v) is 2.49. The third kappa shape index (κ3) is 2.27. The molecule has 0 saturated carbocycles. The number of carbonyl (C=O) groups excluding carboxylic acids is 1. The number of alkyl halides is 4. The Morgan fingerprint density at radius 2 is 1.89 bits per heavy atom. The van der Waals surface area contributed by atoms with Crippen molar-refractivity contribution in [3.8, 4) is 0 Å². The second-order valence-electron chi connectivity index (χ2n) is 4.32. The SMILES string of the molecule is CN1N=C(c2ccccc2C(F)(F)F)C(C)(Br)C1=O. The lowest BCUT2D eigenvalue weighted by atomic mass is 9.94. The molecule has 1 aromatic carbocycles. The van der Waals surface area contributed by atoms with Crippen molar-refractivity contribution in [2.75, 3.05) is 7.05 Å². The summed E-state index contributed by atoms with van der Waals surface area (Å²) in [7, 11) is 1.41. The molecule has 1 aliphatic heterocycles. The van der Waals surface area contributed by atoms with Gasteiger partial charge in [-0.25, -0.2) is 5.01 Å². The summed E-state index contributed by atoms with van der Waals surface area (Å²) in [5, 5.41) is 4.96. The molecule has 1 amide bonds. The molecule has 0 aliphatic carbocycles. The van der Waals surface area contributed by atoms with Gasteiger partial charge in [0.1, 0.15) is 4.32 Å². The first-order chi connectivity index (χ1) is 8.65. The van der Waals surface area contributed by atoms with Crippen molar-refractivity contribution < 1.29 is 18.0 Å². The number of amides is 1. The molecular weight excluding hydrogens is 325 g/mol. The molecule has 7 heteroatoms. The number of benzene rings is 1. The molecule has 0 N–H and O–H groups in total. The molecule has 0 fully saturated rings. The predicted octanol–water partition coefficient (Wildman–Crippen LogP) is 3.04. The summed E-state index contributed by atoms with van der Waals surface area (Å²) >= 11 is 3.16. The first kappa shape index (κ1) is 14.0. The van der Waals surface area contributed by atoms with E-state index < -0.39 is 22.0 Å².